The van der Waals surface area contributed by atoms with Crippen LogP contribution in [0.3, 0.4) is 0 Å². The molecule has 0 radical (unpaired) electrons. The second-order valence-electron chi connectivity index (χ2n) is 2.49. The molecule has 2 N–H and O–H groups in total. The summed E-state index contributed by atoms with van der Waals surface area (Å²) in [7, 11) is 0. The molecule has 0 amide bonds. The maximum absolute atomic E-state index is 8.59. The average molecular weight is 151 g/mol. The summed E-state index contributed by atoms with van der Waals surface area (Å²) in [5.41, 5.74) is 1.20. The van der Waals surface area contributed by atoms with E-state index in [9.17, 15) is 0 Å². The summed E-state index contributed by atoms with van der Waals surface area (Å²) in [6.07, 6.45) is 0. The van der Waals surface area contributed by atoms with E-state index in [1.807, 2.05) is 37.3 Å². The smallest absolute Gasteiger partial charge is 0.0936 e. The Morgan fingerprint density at radius 1 is 1.36 bits per heavy atom. The van der Waals surface area contributed by atoms with Crippen LogP contribution in [0.2, 0.25) is 0 Å². The first-order chi connectivity index (χ1) is 5.34. The van der Waals surface area contributed by atoms with Crippen LogP contribution >= 0.6 is 0 Å². The Balaban J connectivity index is 2.61. The lowest BCUT2D eigenvalue weighted by Gasteiger charge is -2.10. The molecule has 0 fully saturated rings. The van der Waals surface area contributed by atoms with Gasteiger partial charge in [0.05, 0.1) is 6.73 Å². The number of benzene rings is 1. The second-order valence-corrected chi connectivity index (χ2v) is 2.49. The molecule has 60 valence electrons. The van der Waals surface area contributed by atoms with Crippen molar-refractivity contribution in [2.45, 2.75) is 13.0 Å². The van der Waals surface area contributed by atoms with Gasteiger partial charge in [-0.3, -0.25) is 5.32 Å². The lowest BCUT2D eigenvalue weighted by Crippen LogP contribution is -2.18. The van der Waals surface area contributed by atoms with Gasteiger partial charge in [-0.15, -0.1) is 0 Å². The van der Waals surface area contributed by atoms with Gasteiger partial charge in [0.25, 0.3) is 0 Å². The van der Waals surface area contributed by atoms with Crippen LogP contribution < -0.4 is 5.32 Å². The topological polar surface area (TPSA) is 32.3 Å². The third-order valence-electron chi connectivity index (χ3n) is 1.70. The largest absolute Gasteiger partial charge is 0.381 e. The minimum atomic E-state index is 0.0239. The Morgan fingerprint density at radius 2 is 2.00 bits per heavy atom. The number of nitrogens with one attached hydrogen (secondary N) is 1. The Morgan fingerprint density at radius 3 is 2.55 bits per heavy atom. The number of hydrogen-bond donors (Lipinski definition) is 2. The number of hydrogen-bond acceptors (Lipinski definition) is 2. The predicted octanol–water partition coefficient (Wildman–Crippen LogP) is 1.29. The third-order valence-corrected chi connectivity index (χ3v) is 1.70. The van der Waals surface area contributed by atoms with Gasteiger partial charge >= 0.3 is 0 Å². The van der Waals surface area contributed by atoms with Crippen LogP contribution in [-0.4, -0.2) is 11.8 Å². The number of aliphatic hydroxyl groups is 1. The molecule has 0 aromatic heterocycles. The highest BCUT2D eigenvalue weighted by Crippen LogP contribution is 2.09. The van der Waals surface area contributed by atoms with Crippen LogP contribution in [0.25, 0.3) is 0 Å². The maximum Gasteiger partial charge on any atom is 0.0936 e. The van der Waals surface area contributed by atoms with Gasteiger partial charge in [0.1, 0.15) is 0 Å². The van der Waals surface area contributed by atoms with Crippen molar-refractivity contribution >= 4 is 0 Å². The SMILES string of the molecule is CC(NCO)c1ccccc1. The predicted molar refractivity (Wildman–Crippen MR) is 45.1 cm³/mol. The van der Waals surface area contributed by atoms with Crippen LogP contribution in [0, 0.1) is 0 Å². The van der Waals surface area contributed by atoms with Crippen molar-refractivity contribution < 1.29 is 5.11 Å². The average Bonchev–Trinajstić information content (AvgIpc) is 2.07. The molecule has 1 unspecified atom stereocenters. The lowest BCUT2D eigenvalue weighted by molar-refractivity contribution is 0.245. The molecule has 0 aliphatic carbocycles. The second kappa shape index (κ2) is 4.11. The molecular formula is C9H13NO. The first-order valence-electron chi connectivity index (χ1n) is 3.74. The van der Waals surface area contributed by atoms with E-state index < -0.39 is 0 Å². The summed E-state index contributed by atoms with van der Waals surface area (Å²) < 4.78 is 0. The summed E-state index contributed by atoms with van der Waals surface area (Å²) >= 11 is 0. The first kappa shape index (κ1) is 8.24. The van der Waals surface area contributed by atoms with Crippen molar-refractivity contribution in [3.8, 4) is 0 Å². The van der Waals surface area contributed by atoms with Gasteiger partial charge in [-0.25, -0.2) is 0 Å². The zero-order valence-electron chi connectivity index (χ0n) is 6.62. The zero-order valence-corrected chi connectivity index (χ0v) is 6.62. The minimum absolute atomic E-state index is 0.0239. The Kier molecular flexibility index (Phi) is 3.08. The molecule has 0 bridgehead atoms. The Labute approximate surface area is 66.9 Å². The van der Waals surface area contributed by atoms with Crippen molar-refractivity contribution in [3.05, 3.63) is 35.9 Å². The Bertz CT molecular complexity index is 198. The van der Waals surface area contributed by atoms with Crippen LogP contribution in [0.4, 0.5) is 0 Å². The molecule has 1 aromatic carbocycles. The van der Waals surface area contributed by atoms with Crippen LogP contribution in [0.15, 0.2) is 30.3 Å². The summed E-state index contributed by atoms with van der Waals surface area (Å²) in [6, 6.07) is 10.3. The standard InChI is InChI=1S/C9H13NO/c1-8(10-7-11)9-5-3-2-4-6-9/h2-6,8,10-11H,7H2,1H3. The highest BCUT2D eigenvalue weighted by atomic mass is 16.3. The van der Waals surface area contributed by atoms with E-state index in [0.29, 0.717) is 0 Å². The van der Waals surface area contributed by atoms with Crippen molar-refractivity contribution in [1.82, 2.24) is 5.32 Å². The van der Waals surface area contributed by atoms with Gasteiger partial charge in [0.2, 0.25) is 0 Å². The fraction of sp³-hybridized carbons (Fsp3) is 0.333. The van der Waals surface area contributed by atoms with E-state index >= 15 is 0 Å². The lowest BCUT2D eigenvalue weighted by atomic mass is 10.1. The molecule has 1 rings (SSSR count). The highest BCUT2D eigenvalue weighted by Gasteiger charge is 2.00. The van der Waals surface area contributed by atoms with E-state index in [1.54, 1.807) is 0 Å². The van der Waals surface area contributed by atoms with Crippen molar-refractivity contribution in [2.75, 3.05) is 6.73 Å². The monoisotopic (exact) mass is 151 g/mol. The van der Waals surface area contributed by atoms with Gasteiger partial charge in [-0.05, 0) is 12.5 Å². The van der Waals surface area contributed by atoms with Gasteiger partial charge in [0, 0.05) is 6.04 Å². The summed E-state index contributed by atoms with van der Waals surface area (Å²) in [5, 5.41) is 11.5. The van der Waals surface area contributed by atoms with Gasteiger partial charge in [0.15, 0.2) is 0 Å². The number of rotatable bonds is 3. The quantitative estimate of drug-likeness (QED) is 0.638. The first-order valence-corrected chi connectivity index (χ1v) is 3.74. The molecule has 2 heteroatoms. The minimum Gasteiger partial charge on any atom is -0.381 e. The molecular weight excluding hydrogens is 138 g/mol. The van der Waals surface area contributed by atoms with E-state index in [2.05, 4.69) is 5.32 Å². The molecule has 0 aliphatic rings. The zero-order chi connectivity index (χ0) is 8.10. The van der Waals surface area contributed by atoms with Crippen molar-refractivity contribution in [1.29, 1.82) is 0 Å². The van der Waals surface area contributed by atoms with Crippen LogP contribution in [-0.2, 0) is 0 Å². The maximum atomic E-state index is 8.59. The molecule has 0 spiro atoms. The van der Waals surface area contributed by atoms with Crippen molar-refractivity contribution in [3.63, 3.8) is 0 Å². The molecule has 0 aliphatic heterocycles. The van der Waals surface area contributed by atoms with Gasteiger partial charge in [-0.1, -0.05) is 30.3 Å². The third kappa shape index (κ3) is 2.33. The van der Waals surface area contributed by atoms with Gasteiger partial charge < -0.3 is 5.11 Å². The van der Waals surface area contributed by atoms with Crippen molar-refractivity contribution in [2.24, 2.45) is 0 Å². The highest BCUT2D eigenvalue weighted by molar-refractivity contribution is 5.17. The number of aliphatic hydroxyl groups excluding tert-OH is 1. The molecule has 0 saturated carbocycles. The normalized spacial score (nSPS) is 12.9. The Hall–Kier alpha value is -0.860. The fourth-order valence-electron chi connectivity index (χ4n) is 0.996. The molecule has 0 heterocycles. The van der Waals surface area contributed by atoms with Gasteiger partial charge in [-0.2, -0.15) is 0 Å². The molecule has 2 nitrogen and oxygen atoms in total. The fourth-order valence-corrected chi connectivity index (χ4v) is 0.996. The van der Waals surface area contributed by atoms with E-state index in [1.165, 1.54) is 5.56 Å². The van der Waals surface area contributed by atoms with E-state index in [-0.39, 0.29) is 12.8 Å². The van der Waals surface area contributed by atoms with Crippen LogP contribution in [0.5, 0.6) is 0 Å². The summed E-state index contributed by atoms with van der Waals surface area (Å²) in [4.78, 5) is 0. The molecule has 0 saturated heterocycles. The van der Waals surface area contributed by atoms with Crippen LogP contribution in [0.1, 0.15) is 18.5 Å². The molecule has 1 atom stereocenters. The van der Waals surface area contributed by atoms with E-state index in [0.717, 1.165) is 0 Å². The molecule has 11 heavy (non-hydrogen) atoms. The van der Waals surface area contributed by atoms with E-state index in [4.69, 9.17) is 5.11 Å². The summed E-state index contributed by atoms with van der Waals surface area (Å²) in [5.74, 6) is 0. The summed E-state index contributed by atoms with van der Waals surface area (Å²) in [6.45, 7) is 2.04. The molecule has 1 aromatic rings.